The van der Waals surface area contributed by atoms with Gasteiger partial charge in [-0.3, -0.25) is 14.5 Å². The van der Waals surface area contributed by atoms with Crippen LogP contribution >= 0.6 is 23.4 Å². The van der Waals surface area contributed by atoms with Crippen molar-refractivity contribution in [2.45, 2.75) is 18.6 Å². The Morgan fingerprint density at radius 1 is 1.09 bits per heavy atom. The Labute approximate surface area is 201 Å². The number of amides is 2. The monoisotopic (exact) mass is 473 g/mol. The largest absolute Gasteiger partial charge is 0.321 e. The molecule has 2 amide bonds. The fraction of sp³-hybridized carbons (Fsp3) is 0.115. The van der Waals surface area contributed by atoms with Crippen LogP contribution in [0.3, 0.4) is 0 Å². The maximum absolute atomic E-state index is 13.5. The number of carbonyl (C=O) groups is 2. The lowest BCUT2D eigenvalue weighted by atomic mass is 10.1. The van der Waals surface area contributed by atoms with Crippen molar-refractivity contribution in [2.24, 2.45) is 0 Å². The molecule has 5 nitrogen and oxygen atoms in total. The summed E-state index contributed by atoms with van der Waals surface area (Å²) in [6, 6.07) is 25.7. The number of hydrogen-bond acceptors (Lipinski definition) is 4. The molecule has 0 spiro atoms. The second-order valence-electron chi connectivity index (χ2n) is 7.56. The summed E-state index contributed by atoms with van der Waals surface area (Å²) in [6.45, 7) is 1.96. The molecule has 33 heavy (non-hydrogen) atoms. The fourth-order valence-corrected chi connectivity index (χ4v) is 5.03. The molecule has 0 aliphatic carbocycles. The summed E-state index contributed by atoms with van der Waals surface area (Å²) in [4.78, 5) is 28.0. The predicted octanol–water partition coefficient (Wildman–Crippen LogP) is 5.71. The molecule has 0 radical (unpaired) electrons. The lowest BCUT2D eigenvalue weighted by Gasteiger charge is -2.19. The van der Waals surface area contributed by atoms with Gasteiger partial charge in [-0.1, -0.05) is 71.4 Å². The average Bonchev–Trinajstić information content (AvgIpc) is 3.11. The van der Waals surface area contributed by atoms with E-state index in [1.807, 2.05) is 61.5 Å². The Morgan fingerprint density at radius 3 is 2.48 bits per heavy atom. The molecule has 0 saturated carbocycles. The van der Waals surface area contributed by atoms with E-state index in [9.17, 15) is 14.9 Å². The van der Waals surface area contributed by atoms with Crippen LogP contribution in [-0.2, 0) is 16.0 Å². The van der Waals surface area contributed by atoms with Crippen molar-refractivity contribution < 1.29 is 9.59 Å². The van der Waals surface area contributed by atoms with Gasteiger partial charge in [0.1, 0.15) is 16.7 Å². The molecule has 1 atom stereocenters. The van der Waals surface area contributed by atoms with Gasteiger partial charge in [0.2, 0.25) is 5.91 Å². The molecule has 0 aromatic heterocycles. The van der Waals surface area contributed by atoms with E-state index in [0.717, 1.165) is 11.1 Å². The number of halogens is 1. The molecular formula is C26H20ClN3O2S. The summed E-state index contributed by atoms with van der Waals surface area (Å²) in [5.41, 5.74) is 3.03. The van der Waals surface area contributed by atoms with Gasteiger partial charge in [-0.05, 0) is 55.3 Å². The van der Waals surface area contributed by atoms with Crippen molar-refractivity contribution in [3.05, 3.63) is 106 Å². The Morgan fingerprint density at radius 2 is 1.82 bits per heavy atom. The number of carbonyl (C=O) groups excluding carboxylic acids is 2. The number of nitrogens with zero attached hydrogens (tertiary/aromatic N) is 2. The molecular weight excluding hydrogens is 454 g/mol. The number of nitrogens with one attached hydrogen (secondary N) is 1. The van der Waals surface area contributed by atoms with Crippen molar-refractivity contribution in [1.82, 2.24) is 0 Å². The second-order valence-corrected chi connectivity index (χ2v) is 9.19. The molecule has 1 aliphatic heterocycles. The fourth-order valence-electron chi connectivity index (χ4n) is 3.51. The molecule has 1 aliphatic rings. The maximum atomic E-state index is 13.5. The predicted molar refractivity (Wildman–Crippen MR) is 133 cm³/mol. The minimum atomic E-state index is -0.556. The normalized spacial score (nSPS) is 16.9. The summed E-state index contributed by atoms with van der Waals surface area (Å²) in [7, 11) is 0. The Kier molecular flexibility index (Phi) is 6.83. The first-order chi connectivity index (χ1) is 16.0. The van der Waals surface area contributed by atoms with Crippen molar-refractivity contribution >= 4 is 46.6 Å². The summed E-state index contributed by atoms with van der Waals surface area (Å²) in [5.74, 6) is -0.737. The number of thioether (sulfide) groups is 1. The molecule has 7 heteroatoms. The standard InChI is InChI=1S/C26H20ClN3O2S/c1-17-10-12-21(13-11-17)30-25(32)23(15-18-6-5-7-19(27)14-18)33-26(30)22(16-28)24(31)29-20-8-3-2-4-9-20/h2-14,23H,15H2,1H3,(H,29,31)/b26-22-/t23-/m0/s1. The first-order valence-corrected chi connectivity index (χ1v) is 11.5. The first kappa shape index (κ1) is 22.7. The SMILES string of the molecule is Cc1ccc(N2C(=O)[C@H](Cc3cccc(Cl)c3)S/C2=C(/C#N)C(=O)Nc2ccccc2)cc1. The van der Waals surface area contributed by atoms with E-state index in [4.69, 9.17) is 11.6 Å². The highest BCUT2D eigenvalue weighted by Crippen LogP contribution is 2.42. The molecule has 4 rings (SSSR count). The minimum Gasteiger partial charge on any atom is -0.321 e. The minimum absolute atomic E-state index is 0.105. The van der Waals surface area contributed by atoms with Gasteiger partial charge in [0.15, 0.2) is 0 Å². The highest BCUT2D eigenvalue weighted by atomic mass is 35.5. The van der Waals surface area contributed by atoms with Crippen LogP contribution in [0, 0.1) is 18.3 Å². The van der Waals surface area contributed by atoms with E-state index < -0.39 is 11.2 Å². The Bertz CT molecular complexity index is 1270. The highest BCUT2D eigenvalue weighted by Gasteiger charge is 2.40. The van der Waals surface area contributed by atoms with E-state index in [-0.39, 0.29) is 11.5 Å². The van der Waals surface area contributed by atoms with Crippen molar-refractivity contribution in [3.8, 4) is 6.07 Å². The van der Waals surface area contributed by atoms with E-state index in [2.05, 4.69) is 5.32 Å². The molecule has 164 valence electrons. The molecule has 0 bridgehead atoms. The number of nitriles is 1. The summed E-state index contributed by atoms with van der Waals surface area (Å²) < 4.78 is 0. The van der Waals surface area contributed by atoms with Crippen molar-refractivity contribution in [3.63, 3.8) is 0 Å². The zero-order chi connectivity index (χ0) is 23.4. The maximum Gasteiger partial charge on any atom is 0.269 e. The zero-order valence-corrected chi connectivity index (χ0v) is 19.4. The number of para-hydroxylation sites is 1. The van der Waals surface area contributed by atoms with Crippen LogP contribution in [0.25, 0.3) is 0 Å². The Balaban J connectivity index is 1.73. The molecule has 1 saturated heterocycles. The van der Waals surface area contributed by atoms with Gasteiger partial charge >= 0.3 is 0 Å². The van der Waals surface area contributed by atoms with Crippen molar-refractivity contribution in [1.29, 1.82) is 5.26 Å². The third kappa shape index (κ3) is 5.11. The topological polar surface area (TPSA) is 73.2 Å². The van der Waals surface area contributed by atoms with Crippen LogP contribution in [-0.4, -0.2) is 17.1 Å². The van der Waals surface area contributed by atoms with E-state index in [0.29, 0.717) is 27.8 Å². The smallest absolute Gasteiger partial charge is 0.269 e. The molecule has 1 fully saturated rings. The lowest BCUT2D eigenvalue weighted by molar-refractivity contribution is -0.117. The van der Waals surface area contributed by atoms with E-state index in [1.54, 1.807) is 30.3 Å². The zero-order valence-electron chi connectivity index (χ0n) is 17.8. The first-order valence-electron chi connectivity index (χ1n) is 10.3. The summed E-state index contributed by atoms with van der Waals surface area (Å²) >= 11 is 7.35. The van der Waals surface area contributed by atoms with Crippen LogP contribution in [0.4, 0.5) is 11.4 Å². The third-order valence-electron chi connectivity index (χ3n) is 5.14. The quantitative estimate of drug-likeness (QED) is 0.380. The number of hydrogen-bond donors (Lipinski definition) is 1. The number of aryl methyl sites for hydroxylation is 1. The van der Waals surface area contributed by atoms with Gasteiger partial charge in [-0.25, -0.2) is 0 Å². The van der Waals surface area contributed by atoms with Gasteiger partial charge in [-0.2, -0.15) is 5.26 Å². The average molecular weight is 474 g/mol. The van der Waals surface area contributed by atoms with Gasteiger partial charge in [0, 0.05) is 16.4 Å². The van der Waals surface area contributed by atoms with Gasteiger partial charge in [-0.15, -0.1) is 0 Å². The van der Waals surface area contributed by atoms with E-state index >= 15 is 0 Å². The van der Waals surface area contributed by atoms with Crippen LogP contribution in [0.1, 0.15) is 11.1 Å². The number of benzene rings is 3. The van der Waals surface area contributed by atoms with Gasteiger partial charge in [0.25, 0.3) is 5.91 Å². The van der Waals surface area contributed by atoms with Crippen LogP contribution in [0.15, 0.2) is 89.5 Å². The highest BCUT2D eigenvalue weighted by molar-refractivity contribution is 8.05. The third-order valence-corrected chi connectivity index (χ3v) is 6.64. The van der Waals surface area contributed by atoms with E-state index in [1.165, 1.54) is 16.7 Å². The molecule has 3 aromatic carbocycles. The summed E-state index contributed by atoms with van der Waals surface area (Å²) in [6.07, 6.45) is 0.426. The molecule has 0 unspecified atom stereocenters. The van der Waals surface area contributed by atoms with Crippen LogP contribution in [0.5, 0.6) is 0 Å². The van der Waals surface area contributed by atoms with Crippen molar-refractivity contribution in [2.75, 3.05) is 10.2 Å². The number of rotatable bonds is 5. The lowest BCUT2D eigenvalue weighted by Crippen LogP contribution is -2.30. The Hall–Kier alpha value is -3.53. The van der Waals surface area contributed by atoms with Crippen LogP contribution < -0.4 is 10.2 Å². The van der Waals surface area contributed by atoms with Gasteiger partial charge in [0.05, 0.1) is 5.25 Å². The molecule has 3 aromatic rings. The molecule has 1 N–H and O–H groups in total. The second kappa shape index (κ2) is 9.95. The molecule has 1 heterocycles. The van der Waals surface area contributed by atoms with Gasteiger partial charge < -0.3 is 5.32 Å². The van der Waals surface area contributed by atoms with Crippen LogP contribution in [0.2, 0.25) is 5.02 Å². The number of anilines is 2. The summed E-state index contributed by atoms with van der Waals surface area (Å²) in [5, 5.41) is 13.1.